The van der Waals surface area contributed by atoms with Crippen LogP contribution >= 0.6 is 11.6 Å². The first kappa shape index (κ1) is 16.0. The van der Waals surface area contributed by atoms with E-state index in [1.165, 1.54) is 5.57 Å². The molecule has 0 aliphatic rings. The Morgan fingerprint density at radius 2 is 2.24 bits per heavy atom. The van der Waals surface area contributed by atoms with Gasteiger partial charge in [0.1, 0.15) is 5.15 Å². The van der Waals surface area contributed by atoms with Crippen LogP contribution in [0.15, 0.2) is 29.8 Å². The summed E-state index contributed by atoms with van der Waals surface area (Å²) >= 11 is 6.31. The van der Waals surface area contributed by atoms with Gasteiger partial charge in [-0.05, 0) is 25.5 Å². The van der Waals surface area contributed by atoms with Crippen molar-refractivity contribution in [2.45, 2.75) is 13.8 Å². The molecule has 1 aromatic heterocycles. The zero-order valence-electron chi connectivity index (χ0n) is 12.7. The van der Waals surface area contributed by atoms with Gasteiger partial charge in [0.2, 0.25) is 0 Å². The van der Waals surface area contributed by atoms with Crippen LogP contribution < -0.4 is 5.32 Å². The van der Waals surface area contributed by atoms with E-state index in [9.17, 15) is 0 Å². The lowest BCUT2D eigenvalue weighted by Gasteiger charge is -2.07. The highest BCUT2D eigenvalue weighted by atomic mass is 35.5. The first-order valence-electron chi connectivity index (χ1n) is 7.04. The SMILES string of the molecule is COCCNCC(C)=Cc1cc2cccc(C)c2nc1Cl. The van der Waals surface area contributed by atoms with Gasteiger partial charge in [-0.15, -0.1) is 0 Å². The smallest absolute Gasteiger partial charge is 0.137 e. The highest BCUT2D eigenvalue weighted by Gasteiger charge is 2.05. The van der Waals surface area contributed by atoms with Gasteiger partial charge in [-0.25, -0.2) is 4.98 Å². The van der Waals surface area contributed by atoms with Crippen LogP contribution in [0.4, 0.5) is 0 Å². The van der Waals surface area contributed by atoms with Crippen LogP contribution in [0.25, 0.3) is 17.0 Å². The molecular weight excluding hydrogens is 284 g/mol. The van der Waals surface area contributed by atoms with E-state index in [0.29, 0.717) is 11.8 Å². The molecule has 0 radical (unpaired) electrons. The van der Waals surface area contributed by atoms with Gasteiger partial charge in [0, 0.05) is 31.1 Å². The Kier molecular flexibility index (Phi) is 5.74. The predicted molar refractivity (Wildman–Crippen MR) is 89.9 cm³/mol. The van der Waals surface area contributed by atoms with Crippen molar-refractivity contribution in [2.24, 2.45) is 0 Å². The molecule has 1 aromatic carbocycles. The van der Waals surface area contributed by atoms with Gasteiger partial charge in [0.05, 0.1) is 12.1 Å². The maximum atomic E-state index is 6.31. The van der Waals surface area contributed by atoms with Crippen molar-refractivity contribution in [3.63, 3.8) is 0 Å². The lowest BCUT2D eigenvalue weighted by molar-refractivity contribution is 0.200. The van der Waals surface area contributed by atoms with Crippen LogP contribution in [-0.2, 0) is 4.74 Å². The summed E-state index contributed by atoms with van der Waals surface area (Å²) < 4.78 is 5.01. The van der Waals surface area contributed by atoms with Gasteiger partial charge in [0.25, 0.3) is 0 Å². The quantitative estimate of drug-likeness (QED) is 0.650. The van der Waals surface area contributed by atoms with E-state index >= 15 is 0 Å². The van der Waals surface area contributed by atoms with E-state index < -0.39 is 0 Å². The summed E-state index contributed by atoms with van der Waals surface area (Å²) in [6.45, 7) is 6.49. The van der Waals surface area contributed by atoms with E-state index in [2.05, 4.69) is 35.4 Å². The van der Waals surface area contributed by atoms with Crippen molar-refractivity contribution in [1.82, 2.24) is 10.3 Å². The summed E-state index contributed by atoms with van der Waals surface area (Å²) in [5.74, 6) is 0. The fourth-order valence-corrected chi connectivity index (χ4v) is 2.41. The maximum Gasteiger partial charge on any atom is 0.137 e. The highest BCUT2D eigenvalue weighted by Crippen LogP contribution is 2.24. The maximum absolute atomic E-state index is 6.31. The molecule has 0 saturated carbocycles. The molecule has 2 rings (SSSR count). The normalized spacial score (nSPS) is 12.1. The van der Waals surface area contributed by atoms with Crippen molar-refractivity contribution >= 4 is 28.6 Å². The third-order valence-electron chi connectivity index (χ3n) is 3.32. The third-order valence-corrected chi connectivity index (χ3v) is 3.62. The molecule has 3 nitrogen and oxygen atoms in total. The van der Waals surface area contributed by atoms with Crippen molar-refractivity contribution in [3.8, 4) is 0 Å². The molecule has 0 spiro atoms. The topological polar surface area (TPSA) is 34.1 Å². The Hall–Kier alpha value is -1.42. The van der Waals surface area contributed by atoms with Gasteiger partial charge in [-0.2, -0.15) is 0 Å². The van der Waals surface area contributed by atoms with Crippen LogP contribution in [-0.4, -0.2) is 31.8 Å². The molecule has 0 saturated heterocycles. The first-order valence-corrected chi connectivity index (χ1v) is 7.42. The highest BCUT2D eigenvalue weighted by molar-refractivity contribution is 6.31. The summed E-state index contributed by atoms with van der Waals surface area (Å²) in [6.07, 6.45) is 2.08. The van der Waals surface area contributed by atoms with Crippen LogP contribution in [0, 0.1) is 6.92 Å². The second-order valence-electron chi connectivity index (χ2n) is 5.18. The van der Waals surface area contributed by atoms with E-state index in [0.717, 1.165) is 35.1 Å². The molecule has 4 heteroatoms. The minimum absolute atomic E-state index is 0.549. The van der Waals surface area contributed by atoms with Crippen molar-refractivity contribution in [2.75, 3.05) is 26.8 Å². The molecule has 0 fully saturated rings. The largest absolute Gasteiger partial charge is 0.383 e. The fourth-order valence-electron chi connectivity index (χ4n) is 2.22. The number of halogens is 1. The molecule has 112 valence electrons. The number of hydrogen-bond acceptors (Lipinski definition) is 3. The summed E-state index contributed by atoms with van der Waals surface area (Å²) in [4.78, 5) is 4.52. The van der Waals surface area contributed by atoms with Crippen LogP contribution in [0.1, 0.15) is 18.1 Å². The summed E-state index contributed by atoms with van der Waals surface area (Å²) in [5.41, 5.74) is 4.28. The summed E-state index contributed by atoms with van der Waals surface area (Å²) in [7, 11) is 1.70. The van der Waals surface area contributed by atoms with Gasteiger partial charge in [-0.3, -0.25) is 0 Å². The molecule has 0 aliphatic heterocycles. The number of para-hydroxylation sites is 1. The second-order valence-corrected chi connectivity index (χ2v) is 5.53. The molecule has 1 N–H and O–H groups in total. The fraction of sp³-hybridized carbons (Fsp3) is 0.353. The average Bonchev–Trinajstić information content (AvgIpc) is 2.46. The van der Waals surface area contributed by atoms with Crippen LogP contribution in [0.5, 0.6) is 0 Å². The Morgan fingerprint density at radius 3 is 3.00 bits per heavy atom. The van der Waals surface area contributed by atoms with Crippen molar-refractivity contribution < 1.29 is 4.74 Å². The molecule has 2 aromatic rings. The lowest BCUT2D eigenvalue weighted by Crippen LogP contribution is -2.20. The molecule has 0 amide bonds. The molecular formula is C17H21ClN2O. The van der Waals surface area contributed by atoms with E-state index in [1.807, 2.05) is 19.1 Å². The zero-order chi connectivity index (χ0) is 15.2. The number of nitrogens with zero attached hydrogens (tertiary/aromatic N) is 1. The number of hydrogen-bond donors (Lipinski definition) is 1. The molecule has 0 aliphatic carbocycles. The van der Waals surface area contributed by atoms with Crippen molar-refractivity contribution in [1.29, 1.82) is 0 Å². The molecule has 21 heavy (non-hydrogen) atoms. The molecule has 0 unspecified atom stereocenters. The number of ether oxygens (including phenoxy) is 1. The Bertz CT molecular complexity index is 653. The Labute approximate surface area is 131 Å². The lowest BCUT2D eigenvalue weighted by atomic mass is 10.1. The molecule has 0 bridgehead atoms. The summed E-state index contributed by atoms with van der Waals surface area (Å²) in [6, 6.07) is 8.25. The Balaban J connectivity index is 2.19. The van der Waals surface area contributed by atoms with Crippen LogP contribution in [0.2, 0.25) is 5.15 Å². The zero-order valence-corrected chi connectivity index (χ0v) is 13.5. The third kappa shape index (κ3) is 4.27. The first-order chi connectivity index (χ1) is 10.1. The molecule has 0 atom stereocenters. The number of nitrogens with one attached hydrogen (secondary N) is 1. The standard InChI is InChI=1S/C17H21ClN2O/c1-12(11-19-7-8-21-3)9-15-10-14-6-4-5-13(2)16(14)20-17(15)18/h4-6,9-10,19H,7-8,11H2,1-3H3. The number of aromatic nitrogens is 1. The number of fused-ring (bicyclic) bond motifs is 1. The minimum Gasteiger partial charge on any atom is -0.383 e. The van der Waals surface area contributed by atoms with E-state index in [-0.39, 0.29) is 0 Å². The van der Waals surface area contributed by atoms with Crippen molar-refractivity contribution in [3.05, 3.63) is 46.1 Å². The average molecular weight is 305 g/mol. The number of rotatable bonds is 6. The summed E-state index contributed by atoms with van der Waals surface area (Å²) in [5, 5.41) is 4.98. The number of methoxy groups -OCH3 is 1. The van der Waals surface area contributed by atoms with E-state index in [1.54, 1.807) is 7.11 Å². The van der Waals surface area contributed by atoms with E-state index in [4.69, 9.17) is 16.3 Å². The monoisotopic (exact) mass is 304 g/mol. The number of pyridine rings is 1. The minimum atomic E-state index is 0.549. The number of benzene rings is 1. The van der Waals surface area contributed by atoms with Gasteiger partial charge >= 0.3 is 0 Å². The van der Waals surface area contributed by atoms with Gasteiger partial charge < -0.3 is 10.1 Å². The number of aryl methyl sites for hydroxylation is 1. The van der Waals surface area contributed by atoms with Gasteiger partial charge in [-0.1, -0.05) is 41.4 Å². The van der Waals surface area contributed by atoms with Crippen LogP contribution in [0.3, 0.4) is 0 Å². The second kappa shape index (κ2) is 7.55. The molecule has 1 heterocycles. The van der Waals surface area contributed by atoms with Gasteiger partial charge in [0.15, 0.2) is 0 Å². The predicted octanol–water partition coefficient (Wildman–Crippen LogP) is 3.84. The Morgan fingerprint density at radius 1 is 1.43 bits per heavy atom.